The maximum absolute atomic E-state index is 13.3. The van der Waals surface area contributed by atoms with E-state index in [4.69, 9.17) is 9.15 Å². The minimum Gasteiger partial charge on any atom is -0.507 e. The van der Waals surface area contributed by atoms with Gasteiger partial charge < -0.3 is 29.6 Å². The summed E-state index contributed by atoms with van der Waals surface area (Å²) in [5, 5.41) is 41.5. The van der Waals surface area contributed by atoms with Gasteiger partial charge in [-0.2, -0.15) is 0 Å². The Hall–Kier alpha value is -3.61. The topological polar surface area (TPSA) is 120 Å². The molecule has 3 aromatic rings. The van der Waals surface area contributed by atoms with Gasteiger partial charge in [0.05, 0.1) is 18.3 Å². The van der Waals surface area contributed by atoms with Crippen LogP contribution in [0, 0.1) is 0 Å². The smallest absolute Gasteiger partial charge is 0.204 e. The van der Waals surface area contributed by atoms with Gasteiger partial charge in [0, 0.05) is 29.7 Å². The molecule has 1 heterocycles. The van der Waals surface area contributed by atoms with Crippen molar-refractivity contribution in [1.82, 2.24) is 0 Å². The monoisotopic (exact) mass is 412 g/mol. The molecule has 0 fully saturated rings. The summed E-state index contributed by atoms with van der Waals surface area (Å²) in [6.45, 7) is 5.47. The average molecular weight is 412 g/mol. The zero-order chi connectivity index (χ0) is 22.2. The lowest BCUT2D eigenvalue weighted by atomic mass is 9.99. The van der Waals surface area contributed by atoms with Crippen LogP contribution < -0.4 is 5.43 Å². The Labute approximate surface area is 172 Å². The number of phenols is 4. The van der Waals surface area contributed by atoms with Gasteiger partial charge in [0.2, 0.25) is 5.43 Å². The number of ether oxygens (including phenoxy) is 1. The molecule has 0 aliphatic carbocycles. The molecule has 0 saturated carbocycles. The number of fused-ring (bicyclic) bond motifs is 2. The van der Waals surface area contributed by atoms with E-state index in [1.807, 2.05) is 13.8 Å². The van der Waals surface area contributed by atoms with Crippen molar-refractivity contribution in [2.24, 2.45) is 0 Å². The molecule has 0 amide bonds. The van der Waals surface area contributed by atoms with E-state index in [2.05, 4.69) is 0 Å². The number of allylic oxidation sites excluding steroid dienone is 4. The third-order valence-corrected chi connectivity index (χ3v) is 4.99. The van der Waals surface area contributed by atoms with Crippen molar-refractivity contribution >= 4 is 21.9 Å². The highest BCUT2D eigenvalue weighted by Crippen LogP contribution is 2.40. The summed E-state index contributed by atoms with van der Waals surface area (Å²) in [7, 11) is 1.50. The second-order valence-electron chi connectivity index (χ2n) is 7.33. The number of rotatable bonds is 5. The van der Waals surface area contributed by atoms with Crippen LogP contribution in [-0.2, 0) is 17.6 Å². The highest BCUT2D eigenvalue weighted by molar-refractivity contribution is 5.97. The molecule has 0 aliphatic rings. The lowest BCUT2D eigenvalue weighted by Gasteiger charge is -2.12. The summed E-state index contributed by atoms with van der Waals surface area (Å²) in [4.78, 5) is 13.3. The minimum atomic E-state index is -0.565. The van der Waals surface area contributed by atoms with Crippen LogP contribution in [0.5, 0.6) is 23.0 Å². The first-order valence-corrected chi connectivity index (χ1v) is 9.37. The number of phenolic OH excluding ortho intramolecular Hbond substituents is 4. The molecule has 30 heavy (non-hydrogen) atoms. The lowest BCUT2D eigenvalue weighted by molar-refractivity contribution is 0.292. The molecule has 2 aromatic carbocycles. The van der Waals surface area contributed by atoms with Crippen molar-refractivity contribution in [3.63, 3.8) is 0 Å². The highest BCUT2D eigenvalue weighted by Gasteiger charge is 2.22. The summed E-state index contributed by atoms with van der Waals surface area (Å²) >= 11 is 0. The van der Waals surface area contributed by atoms with Gasteiger partial charge in [-0.25, -0.2) is 0 Å². The fourth-order valence-corrected chi connectivity index (χ4v) is 3.27. The second kappa shape index (κ2) is 8.02. The van der Waals surface area contributed by atoms with Crippen LogP contribution in [0.15, 0.2) is 44.8 Å². The van der Waals surface area contributed by atoms with Crippen molar-refractivity contribution in [3.05, 3.63) is 57.0 Å². The number of benzene rings is 2. The molecular weight excluding hydrogens is 388 g/mol. The molecule has 158 valence electrons. The van der Waals surface area contributed by atoms with Crippen LogP contribution in [0.4, 0.5) is 0 Å². The molecule has 0 aliphatic heterocycles. The van der Waals surface area contributed by atoms with Gasteiger partial charge in [-0.05, 0) is 33.3 Å². The standard InChI is InChI=1S/C23H24O7/c1-11(2)5-7-14-19-17(10-16(25)21(14)26)30-18-9-15(24)13(8-6-12(3)29-4)22(27)20(18)23(19)28/h5-6,9-10,24-27H,7-8H2,1-4H3/b12-6+. The van der Waals surface area contributed by atoms with Crippen LogP contribution in [0.2, 0.25) is 0 Å². The zero-order valence-electron chi connectivity index (χ0n) is 17.2. The SMILES string of the molecule is CO/C(C)=C/Cc1c(O)cc2oc3cc(O)c(O)c(CC=C(C)C)c3c(=O)c2c1O. The van der Waals surface area contributed by atoms with Crippen molar-refractivity contribution < 1.29 is 29.6 Å². The molecule has 4 N–H and O–H groups in total. The van der Waals surface area contributed by atoms with Gasteiger partial charge >= 0.3 is 0 Å². The Morgan fingerprint density at radius 1 is 0.900 bits per heavy atom. The van der Waals surface area contributed by atoms with Crippen LogP contribution in [0.3, 0.4) is 0 Å². The molecule has 0 atom stereocenters. The van der Waals surface area contributed by atoms with Gasteiger partial charge in [-0.15, -0.1) is 0 Å². The van der Waals surface area contributed by atoms with E-state index in [1.54, 1.807) is 19.1 Å². The van der Waals surface area contributed by atoms with Crippen molar-refractivity contribution in [1.29, 1.82) is 0 Å². The van der Waals surface area contributed by atoms with Gasteiger partial charge in [0.15, 0.2) is 11.5 Å². The maximum Gasteiger partial charge on any atom is 0.204 e. The van der Waals surface area contributed by atoms with Crippen LogP contribution in [0.1, 0.15) is 31.9 Å². The molecule has 7 heteroatoms. The molecular formula is C23H24O7. The Kier molecular flexibility index (Phi) is 5.64. The van der Waals surface area contributed by atoms with E-state index in [1.165, 1.54) is 13.2 Å². The Balaban J connectivity index is 2.39. The van der Waals surface area contributed by atoms with Gasteiger partial charge in [-0.1, -0.05) is 11.6 Å². The van der Waals surface area contributed by atoms with Crippen LogP contribution in [0.25, 0.3) is 21.9 Å². The lowest BCUT2D eigenvalue weighted by Crippen LogP contribution is -2.07. The van der Waals surface area contributed by atoms with E-state index >= 15 is 0 Å². The van der Waals surface area contributed by atoms with Crippen molar-refractivity contribution in [2.75, 3.05) is 7.11 Å². The van der Waals surface area contributed by atoms with Crippen molar-refractivity contribution in [3.8, 4) is 23.0 Å². The van der Waals surface area contributed by atoms with E-state index in [9.17, 15) is 25.2 Å². The summed E-state index contributed by atoms with van der Waals surface area (Å²) < 4.78 is 10.8. The third kappa shape index (κ3) is 3.66. The van der Waals surface area contributed by atoms with Gasteiger partial charge in [0.25, 0.3) is 0 Å². The number of methoxy groups -OCH3 is 1. The summed E-state index contributed by atoms with van der Waals surface area (Å²) in [5.74, 6) is -0.892. The van der Waals surface area contributed by atoms with Crippen molar-refractivity contribution in [2.45, 2.75) is 33.6 Å². The fraction of sp³-hybridized carbons (Fsp3) is 0.261. The highest BCUT2D eigenvalue weighted by atomic mass is 16.5. The second-order valence-corrected chi connectivity index (χ2v) is 7.33. The Bertz CT molecular complexity index is 1260. The maximum atomic E-state index is 13.3. The van der Waals surface area contributed by atoms with E-state index in [-0.39, 0.29) is 51.7 Å². The average Bonchev–Trinajstić information content (AvgIpc) is 2.67. The summed E-state index contributed by atoms with van der Waals surface area (Å²) in [5.41, 5.74) is 0.764. The first-order chi connectivity index (χ1) is 14.1. The first kappa shape index (κ1) is 21.1. The number of aromatic hydroxyl groups is 4. The molecule has 0 radical (unpaired) electrons. The van der Waals surface area contributed by atoms with Gasteiger partial charge in [0.1, 0.15) is 28.1 Å². The normalized spacial score (nSPS) is 11.8. The van der Waals surface area contributed by atoms with Gasteiger partial charge in [-0.3, -0.25) is 4.79 Å². The Morgan fingerprint density at radius 3 is 2.13 bits per heavy atom. The summed E-state index contributed by atoms with van der Waals surface area (Å²) in [6.07, 6.45) is 3.79. The Morgan fingerprint density at radius 2 is 1.50 bits per heavy atom. The number of hydrogen-bond donors (Lipinski definition) is 4. The van der Waals surface area contributed by atoms with E-state index < -0.39 is 22.7 Å². The molecule has 0 bridgehead atoms. The van der Waals surface area contributed by atoms with E-state index in [0.717, 1.165) is 11.6 Å². The predicted octanol–water partition coefficient (Wildman–Crippen LogP) is 4.37. The third-order valence-electron chi connectivity index (χ3n) is 4.99. The zero-order valence-corrected chi connectivity index (χ0v) is 17.2. The van der Waals surface area contributed by atoms with E-state index in [0.29, 0.717) is 5.76 Å². The molecule has 0 unspecified atom stereocenters. The molecule has 0 saturated heterocycles. The summed E-state index contributed by atoms with van der Waals surface area (Å²) in [6, 6.07) is 2.39. The quantitative estimate of drug-likeness (QED) is 0.212. The molecule has 7 nitrogen and oxygen atoms in total. The minimum absolute atomic E-state index is 0.0306. The predicted molar refractivity (Wildman–Crippen MR) is 114 cm³/mol. The first-order valence-electron chi connectivity index (χ1n) is 9.37. The largest absolute Gasteiger partial charge is 0.507 e. The number of hydrogen-bond acceptors (Lipinski definition) is 7. The van der Waals surface area contributed by atoms with Crippen LogP contribution >= 0.6 is 0 Å². The molecule has 0 spiro atoms. The molecule has 1 aromatic heterocycles. The fourth-order valence-electron chi connectivity index (χ4n) is 3.27. The molecule has 3 rings (SSSR count). The van der Waals surface area contributed by atoms with Crippen LogP contribution in [-0.4, -0.2) is 27.5 Å².